The van der Waals surface area contributed by atoms with Crippen LogP contribution in [0.1, 0.15) is 16.1 Å². The number of halogens is 1. The zero-order valence-corrected chi connectivity index (χ0v) is 16.0. The van der Waals surface area contributed by atoms with E-state index in [-0.39, 0.29) is 5.75 Å². The number of carbonyl (C=O) groups excluding carboxylic acids is 1. The molecule has 0 aliphatic rings. The van der Waals surface area contributed by atoms with Crippen LogP contribution in [0.2, 0.25) is 0 Å². The zero-order valence-electron chi connectivity index (χ0n) is 13.9. The third-order valence-electron chi connectivity index (χ3n) is 3.70. The third-order valence-corrected chi connectivity index (χ3v) is 4.61. The highest BCUT2D eigenvalue weighted by atomic mass is 127. The second kappa shape index (κ2) is 8.05. The number of aromatic nitrogens is 1. The summed E-state index contributed by atoms with van der Waals surface area (Å²) in [5.41, 5.74) is 4.56. The Bertz CT molecular complexity index is 949. The number of aromatic hydroxyl groups is 1. The normalized spacial score (nSPS) is 10.8. The van der Waals surface area contributed by atoms with Gasteiger partial charge in [-0.25, -0.2) is 5.43 Å². The number of hydrogen-bond donors (Lipinski definition) is 2. The maximum Gasteiger partial charge on any atom is 0.271 e. The molecule has 6 nitrogen and oxygen atoms in total. The van der Waals surface area contributed by atoms with Gasteiger partial charge in [0.05, 0.1) is 22.6 Å². The summed E-state index contributed by atoms with van der Waals surface area (Å²) in [5.74, 6) is 0.454. The number of phenolic OH excluding ortho intramolecular Hbond substituents is 1. The first kappa shape index (κ1) is 18.0. The predicted octanol–water partition coefficient (Wildman–Crippen LogP) is 3.56. The first-order chi connectivity index (χ1) is 12.6. The number of ether oxygens (including phenoxy) is 1. The summed E-state index contributed by atoms with van der Waals surface area (Å²) in [6.45, 7) is 0. The molecular weight excluding hydrogens is 445 g/mol. The summed E-state index contributed by atoms with van der Waals surface area (Å²) >= 11 is 1.99. The Hall–Kier alpha value is -2.81. The van der Waals surface area contributed by atoms with Gasteiger partial charge in [0.25, 0.3) is 5.91 Å². The maximum absolute atomic E-state index is 12.1. The smallest absolute Gasteiger partial charge is 0.271 e. The number of benzene rings is 2. The largest absolute Gasteiger partial charge is 0.507 e. The number of carbonyl (C=O) groups is 1. The van der Waals surface area contributed by atoms with Gasteiger partial charge in [-0.2, -0.15) is 5.10 Å². The molecule has 1 aromatic heterocycles. The Labute approximate surface area is 164 Å². The maximum atomic E-state index is 12.1. The second-order valence-corrected chi connectivity index (χ2v) is 6.53. The number of rotatable bonds is 5. The third kappa shape index (κ3) is 4.05. The Morgan fingerprint density at radius 3 is 2.69 bits per heavy atom. The van der Waals surface area contributed by atoms with Crippen LogP contribution in [0.15, 0.2) is 65.9 Å². The quantitative estimate of drug-likeness (QED) is 0.347. The van der Waals surface area contributed by atoms with Crippen LogP contribution in [0, 0.1) is 3.57 Å². The molecule has 3 aromatic rings. The fourth-order valence-corrected chi connectivity index (χ4v) is 2.69. The first-order valence-corrected chi connectivity index (χ1v) is 8.80. The lowest BCUT2D eigenvalue weighted by molar-refractivity contribution is 0.0954. The molecule has 0 radical (unpaired) electrons. The molecule has 0 aliphatic carbocycles. The fraction of sp³-hybridized carbons (Fsp3) is 0.0526. The summed E-state index contributed by atoms with van der Waals surface area (Å²) in [7, 11) is 1.62. The van der Waals surface area contributed by atoms with Crippen molar-refractivity contribution in [2.45, 2.75) is 0 Å². The average Bonchev–Trinajstić information content (AvgIpc) is 3.12. The number of methoxy groups -OCH3 is 1. The van der Waals surface area contributed by atoms with Crippen LogP contribution in [0.4, 0.5) is 0 Å². The molecular formula is C19H16IN3O3. The van der Waals surface area contributed by atoms with Gasteiger partial charge < -0.3 is 14.4 Å². The molecule has 26 heavy (non-hydrogen) atoms. The number of amides is 1. The van der Waals surface area contributed by atoms with Gasteiger partial charge in [-0.05, 0) is 77.2 Å². The van der Waals surface area contributed by atoms with Crippen molar-refractivity contribution in [3.8, 4) is 17.2 Å². The molecule has 0 unspecified atom stereocenters. The second-order valence-electron chi connectivity index (χ2n) is 5.37. The molecule has 1 amide bonds. The van der Waals surface area contributed by atoms with E-state index in [9.17, 15) is 9.90 Å². The molecule has 2 N–H and O–H groups in total. The highest BCUT2D eigenvalue weighted by Crippen LogP contribution is 2.20. The van der Waals surface area contributed by atoms with Gasteiger partial charge in [-0.1, -0.05) is 0 Å². The van der Waals surface area contributed by atoms with Crippen molar-refractivity contribution in [2.24, 2.45) is 5.10 Å². The van der Waals surface area contributed by atoms with Crippen molar-refractivity contribution in [1.29, 1.82) is 0 Å². The molecule has 0 fully saturated rings. The summed E-state index contributed by atoms with van der Waals surface area (Å²) in [4.78, 5) is 12.1. The Morgan fingerprint density at radius 1 is 1.23 bits per heavy atom. The molecule has 2 aromatic carbocycles. The van der Waals surface area contributed by atoms with Crippen molar-refractivity contribution >= 4 is 34.7 Å². The number of nitrogens with zero attached hydrogens (tertiary/aromatic N) is 2. The Kier molecular flexibility index (Phi) is 5.57. The molecule has 132 valence electrons. The molecule has 0 saturated carbocycles. The van der Waals surface area contributed by atoms with Gasteiger partial charge in [0.1, 0.15) is 11.5 Å². The summed E-state index contributed by atoms with van der Waals surface area (Å²) in [5, 5.41) is 13.7. The van der Waals surface area contributed by atoms with Crippen LogP contribution in [0.3, 0.4) is 0 Å². The molecule has 3 rings (SSSR count). The van der Waals surface area contributed by atoms with Gasteiger partial charge in [0.15, 0.2) is 0 Å². The minimum atomic E-state index is -0.393. The highest BCUT2D eigenvalue weighted by Gasteiger charge is 2.07. The van der Waals surface area contributed by atoms with Gasteiger partial charge in [-0.3, -0.25) is 4.79 Å². The molecule has 1 heterocycles. The van der Waals surface area contributed by atoms with Gasteiger partial charge in [-0.15, -0.1) is 0 Å². The van der Waals surface area contributed by atoms with E-state index in [1.807, 2.05) is 69.8 Å². The molecule has 0 aliphatic heterocycles. The van der Waals surface area contributed by atoms with Crippen LogP contribution in [0.5, 0.6) is 11.5 Å². The Morgan fingerprint density at radius 2 is 2.00 bits per heavy atom. The zero-order chi connectivity index (χ0) is 18.5. The number of phenols is 1. The lowest BCUT2D eigenvalue weighted by atomic mass is 10.2. The fourth-order valence-electron chi connectivity index (χ4n) is 2.35. The predicted molar refractivity (Wildman–Crippen MR) is 108 cm³/mol. The van der Waals surface area contributed by atoms with Crippen LogP contribution in [0.25, 0.3) is 5.69 Å². The van der Waals surface area contributed by atoms with E-state index in [0.717, 1.165) is 17.1 Å². The van der Waals surface area contributed by atoms with Gasteiger partial charge in [0.2, 0.25) is 0 Å². The highest BCUT2D eigenvalue weighted by molar-refractivity contribution is 14.1. The summed E-state index contributed by atoms with van der Waals surface area (Å²) < 4.78 is 7.78. The van der Waals surface area contributed by atoms with Crippen molar-refractivity contribution in [1.82, 2.24) is 9.99 Å². The number of hydrogen-bond acceptors (Lipinski definition) is 4. The SMILES string of the molecule is COc1ccc(-n2cccc2/C=N/NC(=O)c2ccc(I)c(O)c2)cc1. The van der Waals surface area contributed by atoms with Crippen LogP contribution < -0.4 is 10.2 Å². The number of hydrazone groups is 1. The average molecular weight is 461 g/mol. The van der Waals surface area contributed by atoms with E-state index in [0.29, 0.717) is 9.13 Å². The van der Waals surface area contributed by atoms with E-state index in [4.69, 9.17) is 4.74 Å². The molecule has 7 heteroatoms. The van der Waals surface area contributed by atoms with Crippen molar-refractivity contribution in [3.63, 3.8) is 0 Å². The first-order valence-electron chi connectivity index (χ1n) is 7.72. The summed E-state index contributed by atoms with van der Waals surface area (Å²) in [6.07, 6.45) is 3.47. The van der Waals surface area contributed by atoms with Gasteiger partial charge >= 0.3 is 0 Å². The number of nitrogens with one attached hydrogen (secondary N) is 1. The minimum Gasteiger partial charge on any atom is -0.507 e. The summed E-state index contributed by atoms with van der Waals surface area (Å²) in [6, 6.07) is 16.1. The van der Waals surface area contributed by atoms with E-state index >= 15 is 0 Å². The Balaban J connectivity index is 1.72. The monoisotopic (exact) mass is 461 g/mol. The van der Waals surface area contributed by atoms with Gasteiger partial charge in [0, 0.05) is 17.4 Å². The van der Waals surface area contributed by atoms with Crippen LogP contribution in [-0.4, -0.2) is 28.9 Å². The van der Waals surface area contributed by atoms with Crippen molar-refractivity contribution in [2.75, 3.05) is 7.11 Å². The van der Waals surface area contributed by atoms with Crippen molar-refractivity contribution in [3.05, 3.63) is 75.6 Å². The molecule has 0 saturated heterocycles. The minimum absolute atomic E-state index is 0.0654. The van der Waals surface area contributed by atoms with Crippen LogP contribution >= 0.6 is 22.6 Å². The molecule has 0 bridgehead atoms. The van der Waals surface area contributed by atoms with Crippen molar-refractivity contribution < 1.29 is 14.6 Å². The van der Waals surface area contributed by atoms with Crippen LogP contribution in [-0.2, 0) is 0 Å². The molecule has 0 atom stereocenters. The lowest BCUT2D eigenvalue weighted by Gasteiger charge is -2.07. The van der Waals surface area contributed by atoms with E-state index in [1.54, 1.807) is 25.5 Å². The van der Waals surface area contributed by atoms with E-state index in [2.05, 4.69) is 10.5 Å². The molecule has 0 spiro atoms. The van der Waals surface area contributed by atoms with E-state index < -0.39 is 5.91 Å². The standard InChI is InChI=1S/C19H16IN3O3/c1-26-16-7-5-14(6-8-16)23-10-2-3-15(23)12-21-22-19(25)13-4-9-17(20)18(24)11-13/h2-12,24H,1H3,(H,22,25)/b21-12+. The van der Waals surface area contributed by atoms with E-state index in [1.165, 1.54) is 6.07 Å². The lowest BCUT2D eigenvalue weighted by Crippen LogP contribution is -2.17. The topological polar surface area (TPSA) is 75.8 Å².